The van der Waals surface area contributed by atoms with E-state index >= 15 is 0 Å². The van der Waals surface area contributed by atoms with E-state index in [0.717, 1.165) is 16.7 Å². The van der Waals surface area contributed by atoms with Gasteiger partial charge in [0.05, 0.1) is 38.6 Å². The Hall–Kier alpha value is -2.58. The van der Waals surface area contributed by atoms with Gasteiger partial charge < -0.3 is 29.7 Å². The molecule has 0 radical (unpaired) electrons. The fraction of sp³-hybridized carbons (Fsp3) is 0.357. The molecule has 3 N–H and O–H groups in total. The summed E-state index contributed by atoms with van der Waals surface area (Å²) in [4.78, 5) is 0. The lowest BCUT2D eigenvalue weighted by Gasteiger charge is -2.34. The standard InChI is InChI=1S/C28H33NO5/c30-25-16-29-24(20-32-17-21-10-4-1-5-11-21)27(33-18-22-12-6-2-7-13-22)28(26(25)31)34-19-23-14-8-3-9-15-23/h1-15,24-31H,16-20H2/t24-,25+,26+,27+,28+/m0/s1. The predicted molar refractivity (Wildman–Crippen MR) is 130 cm³/mol. The Morgan fingerprint density at radius 1 is 0.647 bits per heavy atom. The van der Waals surface area contributed by atoms with Crippen LogP contribution in [0.25, 0.3) is 0 Å². The normalized spacial score (nSPS) is 25.1. The second kappa shape index (κ2) is 12.8. The molecule has 0 bridgehead atoms. The highest BCUT2D eigenvalue weighted by Gasteiger charge is 2.42. The van der Waals surface area contributed by atoms with Crippen molar-refractivity contribution >= 4 is 0 Å². The molecule has 1 aliphatic rings. The van der Waals surface area contributed by atoms with Crippen LogP contribution in [0, 0.1) is 0 Å². The molecule has 1 heterocycles. The molecule has 1 fully saturated rings. The van der Waals surface area contributed by atoms with Crippen LogP contribution in [0.3, 0.4) is 0 Å². The van der Waals surface area contributed by atoms with E-state index < -0.39 is 24.4 Å². The van der Waals surface area contributed by atoms with Crippen molar-refractivity contribution in [3.63, 3.8) is 0 Å². The lowest BCUT2D eigenvalue weighted by atomic mass is 10.00. The van der Waals surface area contributed by atoms with E-state index in [-0.39, 0.29) is 12.6 Å². The van der Waals surface area contributed by atoms with Gasteiger partial charge in [0.2, 0.25) is 0 Å². The minimum atomic E-state index is -1.10. The lowest BCUT2D eigenvalue weighted by molar-refractivity contribution is -0.157. The van der Waals surface area contributed by atoms with Gasteiger partial charge in [-0.3, -0.25) is 0 Å². The summed E-state index contributed by atoms with van der Waals surface area (Å²) in [7, 11) is 0. The Bertz CT molecular complexity index is 956. The third-order valence-electron chi connectivity index (χ3n) is 6.02. The number of nitrogens with one attached hydrogen (secondary N) is 1. The Morgan fingerprint density at radius 3 is 1.65 bits per heavy atom. The van der Waals surface area contributed by atoms with Crippen LogP contribution in [0.2, 0.25) is 0 Å². The van der Waals surface area contributed by atoms with Crippen molar-refractivity contribution in [2.24, 2.45) is 0 Å². The molecule has 4 rings (SSSR count). The molecule has 1 saturated heterocycles. The van der Waals surface area contributed by atoms with Crippen LogP contribution in [0.5, 0.6) is 0 Å². The van der Waals surface area contributed by atoms with Gasteiger partial charge in [0.15, 0.2) is 0 Å². The molecule has 0 aromatic heterocycles. The molecular weight excluding hydrogens is 430 g/mol. The molecule has 0 amide bonds. The van der Waals surface area contributed by atoms with Gasteiger partial charge in [0.25, 0.3) is 0 Å². The number of aliphatic hydroxyl groups excluding tert-OH is 2. The molecule has 180 valence electrons. The zero-order valence-electron chi connectivity index (χ0n) is 19.2. The van der Waals surface area contributed by atoms with E-state index in [1.165, 1.54) is 0 Å². The van der Waals surface area contributed by atoms with E-state index in [4.69, 9.17) is 14.2 Å². The smallest absolute Gasteiger partial charge is 0.114 e. The molecule has 0 saturated carbocycles. The van der Waals surface area contributed by atoms with Crippen molar-refractivity contribution < 1.29 is 24.4 Å². The number of hydrogen-bond donors (Lipinski definition) is 3. The summed E-state index contributed by atoms with van der Waals surface area (Å²) in [6.45, 7) is 1.69. The molecule has 3 aromatic rings. The molecule has 34 heavy (non-hydrogen) atoms. The van der Waals surface area contributed by atoms with Crippen LogP contribution in [0.1, 0.15) is 16.7 Å². The third-order valence-corrected chi connectivity index (χ3v) is 6.02. The molecular formula is C28H33NO5. The maximum atomic E-state index is 10.9. The van der Waals surface area contributed by atoms with E-state index in [0.29, 0.717) is 26.4 Å². The summed E-state index contributed by atoms with van der Waals surface area (Å²) >= 11 is 0. The number of benzene rings is 3. The first kappa shape index (κ1) is 24.5. The van der Waals surface area contributed by atoms with E-state index in [1.54, 1.807) is 0 Å². The van der Waals surface area contributed by atoms with Crippen molar-refractivity contribution in [1.82, 2.24) is 5.32 Å². The van der Waals surface area contributed by atoms with Gasteiger partial charge in [-0.05, 0) is 16.7 Å². The summed E-state index contributed by atoms with van der Waals surface area (Å²) in [5.74, 6) is 0. The third kappa shape index (κ3) is 6.96. The largest absolute Gasteiger partial charge is 0.389 e. The van der Waals surface area contributed by atoms with Gasteiger partial charge in [0.1, 0.15) is 18.3 Å². The van der Waals surface area contributed by atoms with Gasteiger partial charge in [-0.25, -0.2) is 0 Å². The van der Waals surface area contributed by atoms with Crippen LogP contribution < -0.4 is 5.32 Å². The highest BCUT2D eigenvalue weighted by Crippen LogP contribution is 2.22. The molecule has 1 aliphatic heterocycles. The second-order valence-corrected chi connectivity index (χ2v) is 8.60. The number of ether oxygens (including phenoxy) is 3. The zero-order valence-corrected chi connectivity index (χ0v) is 19.2. The monoisotopic (exact) mass is 463 g/mol. The minimum absolute atomic E-state index is 0.219. The Balaban J connectivity index is 1.49. The maximum absolute atomic E-state index is 10.9. The summed E-state index contributed by atoms with van der Waals surface area (Å²) in [5, 5.41) is 24.8. The average Bonchev–Trinajstić information content (AvgIpc) is 3.00. The van der Waals surface area contributed by atoms with Crippen molar-refractivity contribution in [2.75, 3.05) is 13.2 Å². The van der Waals surface area contributed by atoms with Crippen molar-refractivity contribution in [1.29, 1.82) is 0 Å². The SMILES string of the molecule is O[C@H]1[C@@H](OCc2ccccc2)[C@H](OCc2ccccc2)[C@H](COCc2ccccc2)NC[C@H]1O. The van der Waals surface area contributed by atoms with Crippen LogP contribution in [-0.2, 0) is 34.0 Å². The lowest BCUT2D eigenvalue weighted by Crippen LogP contribution is -2.52. The first-order chi connectivity index (χ1) is 16.7. The van der Waals surface area contributed by atoms with Gasteiger partial charge in [-0.15, -0.1) is 0 Å². The van der Waals surface area contributed by atoms with E-state index in [1.807, 2.05) is 91.0 Å². The summed E-state index contributed by atoms with van der Waals surface area (Å²) in [5.41, 5.74) is 3.09. The van der Waals surface area contributed by atoms with Crippen molar-refractivity contribution in [3.8, 4) is 0 Å². The van der Waals surface area contributed by atoms with Crippen LogP contribution in [0.15, 0.2) is 91.0 Å². The zero-order chi connectivity index (χ0) is 23.6. The van der Waals surface area contributed by atoms with E-state index in [9.17, 15) is 10.2 Å². The quantitative estimate of drug-likeness (QED) is 0.429. The molecule has 6 nitrogen and oxygen atoms in total. The van der Waals surface area contributed by atoms with Gasteiger partial charge in [-0.1, -0.05) is 91.0 Å². The maximum Gasteiger partial charge on any atom is 0.114 e. The van der Waals surface area contributed by atoms with Gasteiger partial charge >= 0.3 is 0 Å². The topological polar surface area (TPSA) is 80.2 Å². The van der Waals surface area contributed by atoms with Crippen LogP contribution >= 0.6 is 0 Å². The van der Waals surface area contributed by atoms with Gasteiger partial charge in [-0.2, -0.15) is 0 Å². The molecule has 3 aromatic carbocycles. The van der Waals surface area contributed by atoms with Crippen molar-refractivity contribution in [2.45, 2.75) is 50.3 Å². The summed E-state index contributed by atoms with van der Waals surface area (Å²) in [6.07, 6.45) is -3.36. The molecule has 5 atom stereocenters. The average molecular weight is 464 g/mol. The van der Waals surface area contributed by atoms with Gasteiger partial charge in [0, 0.05) is 6.54 Å². The Kier molecular flexibility index (Phi) is 9.21. The van der Waals surface area contributed by atoms with Crippen LogP contribution in [0.4, 0.5) is 0 Å². The van der Waals surface area contributed by atoms with Crippen LogP contribution in [-0.4, -0.2) is 53.8 Å². The number of aliphatic hydroxyl groups is 2. The first-order valence-electron chi connectivity index (χ1n) is 11.7. The minimum Gasteiger partial charge on any atom is -0.389 e. The number of hydrogen-bond acceptors (Lipinski definition) is 6. The molecule has 6 heteroatoms. The fourth-order valence-electron chi connectivity index (χ4n) is 4.12. The molecule has 0 unspecified atom stereocenters. The molecule has 0 aliphatic carbocycles. The highest BCUT2D eigenvalue weighted by molar-refractivity contribution is 5.15. The van der Waals surface area contributed by atoms with Crippen molar-refractivity contribution in [3.05, 3.63) is 108 Å². The Morgan fingerprint density at radius 2 is 1.12 bits per heavy atom. The molecule has 0 spiro atoms. The summed E-state index contributed by atoms with van der Waals surface area (Å²) < 4.78 is 18.6. The first-order valence-corrected chi connectivity index (χ1v) is 11.7. The number of rotatable bonds is 10. The second-order valence-electron chi connectivity index (χ2n) is 8.60. The highest BCUT2D eigenvalue weighted by atomic mass is 16.6. The number of β-amino-alcohol motifs (C(OH)–C–C–N with tert-alkyl or cyclic N) is 1. The summed E-state index contributed by atoms with van der Waals surface area (Å²) in [6, 6.07) is 29.4. The van der Waals surface area contributed by atoms with E-state index in [2.05, 4.69) is 5.32 Å². The Labute approximate surface area is 201 Å². The fourth-order valence-corrected chi connectivity index (χ4v) is 4.12. The predicted octanol–water partition coefficient (Wildman–Crippen LogP) is 3.07.